The summed E-state index contributed by atoms with van der Waals surface area (Å²) in [5.41, 5.74) is 5.48. The summed E-state index contributed by atoms with van der Waals surface area (Å²) in [4.78, 5) is 6.25. The van der Waals surface area contributed by atoms with Crippen LogP contribution < -0.4 is 10.6 Å². The second-order valence-electron chi connectivity index (χ2n) is 3.48. The maximum absolute atomic E-state index is 5.50. The largest absolute Gasteiger partial charge is 0.376 e. The van der Waals surface area contributed by atoms with Gasteiger partial charge in [0.05, 0.1) is 12.1 Å². The summed E-state index contributed by atoms with van der Waals surface area (Å²) in [5, 5.41) is 0.866. The highest BCUT2D eigenvalue weighted by molar-refractivity contribution is 7.09. The summed E-state index contributed by atoms with van der Waals surface area (Å²) in [7, 11) is 2.01. The molecule has 0 spiro atoms. The van der Waals surface area contributed by atoms with Gasteiger partial charge in [-0.1, -0.05) is 0 Å². The summed E-state index contributed by atoms with van der Waals surface area (Å²) >= 11 is 1.33. The monoisotopic (exact) mass is 214 g/mol. The van der Waals surface area contributed by atoms with Crippen molar-refractivity contribution >= 4 is 22.6 Å². The van der Waals surface area contributed by atoms with Crippen LogP contribution in [0.3, 0.4) is 0 Å². The Balaban J connectivity index is 2.11. The van der Waals surface area contributed by atoms with Crippen LogP contribution in [0.15, 0.2) is 0 Å². The first-order valence-corrected chi connectivity index (χ1v) is 5.39. The van der Waals surface area contributed by atoms with Crippen LogP contribution in [0.5, 0.6) is 0 Å². The van der Waals surface area contributed by atoms with Crippen LogP contribution in [0.25, 0.3) is 0 Å². The predicted octanol–water partition coefficient (Wildman–Crippen LogP) is 0.734. The van der Waals surface area contributed by atoms with Gasteiger partial charge in [0.25, 0.3) is 0 Å². The third-order valence-electron chi connectivity index (χ3n) is 2.57. The van der Waals surface area contributed by atoms with Crippen molar-refractivity contribution in [1.29, 1.82) is 0 Å². The first kappa shape index (κ1) is 9.67. The molecule has 2 atom stereocenters. The topological polar surface area (TPSA) is 64.3 Å². The SMILES string of the molecule is CC1OCCC1N(C)c1nc(N)ns1. The molecule has 0 amide bonds. The van der Waals surface area contributed by atoms with E-state index < -0.39 is 0 Å². The van der Waals surface area contributed by atoms with Crippen molar-refractivity contribution in [1.82, 2.24) is 9.36 Å². The van der Waals surface area contributed by atoms with Crippen LogP contribution in [0.4, 0.5) is 11.1 Å². The Morgan fingerprint density at radius 1 is 1.64 bits per heavy atom. The number of nitrogens with two attached hydrogens (primary N) is 1. The smallest absolute Gasteiger partial charge is 0.233 e. The molecule has 78 valence electrons. The Labute approximate surface area is 87.0 Å². The number of hydrogen-bond acceptors (Lipinski definition) is 6. The zero-order chi connectivity index (χ0) is 10.1. The van der Waals surface area contributed by atoms with Gasteiger partial charge >= 0.3 is 0 Å². The van der Waals surface area contributed by atoms with Crippen molar-refractivity contribution in [3.63, 3.8) is 0 Å². The maximum Gasteiger partial charge on any atom is 0.233 e. The highest BCUT2D eigenvalue weighted by Crippen LogP contribution is 2.25. The fourth-order valence-electron chi connectivity index (χ4n) is 1.74. The van der Waals surface area contributed by atoms with Gasteiger partial charge in [0.15, 0.2) is 0 Å². The first-order valence-electron chi connectivity index (χ1n) is 4.62. The molecule has 1 saturated heterocycles. The van der Waals surface area contributed by atoms with Gasteiger partial charge < -0.3 is 15.4 Å². The molecule has 0 radical (unpaired) electrons. The first-order chi connectivity index (χ1) is 6.68. The minimum absolute atomic E-state index is 0.255. The zero-order valence-corrected chi connectivity index (χ0v) is 9.12. The van der Waals surface area contributed by atoms with Crippen LogP contribution in [0.2, 0.25) is 0 Å². The molecule has 1 aromatic rings. The molecule has 6 heteroatoms. The van der Waals surface area contributed by atoms with Gasteiger partial charge in [-0.05, 0) is 13.3 Å². The van der Waals surface area contributed by atoms with E-state index in [0.717, 1.165) is 18.2 Å². The third kappa shape index (κ3) is 1.67. The normalized spacial score (nSPS) is 26.7. The molecule has 2 unspecified atom stereocenters. The number of hydrogen-bond donors (Lipinski definition) is 1. The Kier molecular flexibility index (Phi) is 2.56. The van der Waals surface area contributed by atoms with Crippen LogP contribution in [-0.4, -0.2) is 35.2 Å². The molecule has 0 saturated carbocycles. The number of ether oxygens (including phenoxy) is 1. The zero-order valence-electron chi connectivity index (χ0n) is 8.30. The van der Waals surface area contributed by atoms with Crippen LogP contribution in [0.1, 0.15) is 13.3 Å². The molecule has 2 heterocycles. The second-order valence-corrected chi connectivity index (χ2v) is 4.21. The van der Waals surface area contributed by atoms with E-state index in [-0.39, 0.29) is 6.10 Å². The average Bonchev–Trinajstić information content (AvgIpc) is 2.73. The number of likely N-dealkylation sites (N-methyl/N-ethyl adjacent to an activating group) is 1. The molecule has 1 aromatic heterocycles. The lowest BCUT2D eigenvalue weighted by Gasteiger charge is -2.25. The van der Waals surface area contributed by atoms with Crippen molar-refractivity contribution in [3.05, 3.63) is 0 Å². The quantitative estimate of drug-likeness (QED) is 0.786. The van der Waals surface area contributed by atoms with Crippen molar-refractivity contribution in [2.24, 2.45) is 0 Å². The van der Waals surface area contributed by atoms with E-state index >= 15 is 0 Å². The van der Waals surface area contributed by atoms with Gasteiger partial charge in [0.2, 0.25) is 11.1 Å². The minimum Gasteiger partial charge on any atom is -0.376 e. The summed E-state index contributed by atoms with van der Waals surface area (Å²) in [6.07, 6.45) is 1.29. The van der Waals surface area contributed by atoms with Gasteiger partial charge in [-0.3, -0.25) is 0 Å². The van der Waals surface area contributed by atoms with Crippen molar-refractivity contribution in [2.75, 3.05) is 24.3 Å². The van der Waals surface area contributed by atoms with Crippen LogP contribution >= 0.6 is 11.5 Å². The second kappa shape index (κ2) is 3.70. The molecular weight excluding hydrogens is 200 g/mol. The van der Waals surface area contributed by atoms with Crippen LogP contribution in [-0.2, 0) is 4.74 Å². The van der Waals surface area contributed by atoms with E-state index in [1.807, 2.05) is 7.05 Å². The molecule has 1 fully saturated rings. The van der Waals surface area contributed by atoms with Gasteiger partial charge in [-0.25, -0.2) is 0 Å². The molecule has 0 bridgehead atoms. The average molecular weight is 214 g/mol. The van der Waals surface area contributed by atoms with Gasteiger partial charge in [0, 0.05) is 25.2 Å². The lowest BCUT2D eigenvalue weighted by molar-refractivity contribution is 0.118. The van der Waals surface area contributed by atoms with Gasteiger partial charge in [-0.2, -0.15) is 9.36 Å². The predicted molar refractivity (Wildman–Crippen MR) is 56.5 cm³/mol. The molecule has 2 N–H and O–H groups in total. The van der Waals surface area contributed by atoms with E-state index in [0.29, 0.717) is 12.0 Å². The summed E-state index contributed by atoms with van der Waals surface area (Å²) < 4.78 is 9.46. The Hall–Kier alpha value is -0.880. The summed E-state index contributed by atoms with van der Waals surface area (Å²) in [6.45, 7) is 2.91. The van der Waals surface area contributed by atoms with Crippen LogP contribution in [0, 0.1) is 0 Å². The minimum atomic E-state index is 0.255. The van der Waals surface area contributed by atoms with E-state index in [9.17, 15) is 0 Å². The lowest BCUT2D eigenvalue weighted by Crippen LogP contribution is -2.36. The molecule has 2 rings (SSSR count). The standard InChI is InChI=1S/C8H14N4OS/c1-5-6(3-4-13-5)12(2)8-10-7(9)11-14-8/h5-6H,3-4H2,1-2H3,(H2,9,11). The van der Waals surface area contributed by atoms with E-state index in [1.54, 1.807) is 0 Å². The number of nitrogen functional groups attached to an aromatic ring is 1. The fourth-order valence-corrected chi connectivity index (χ4v) is 2.36. The Bertz CT molecular complexity index is 316. The molecular formula is C8H14N4OS. The Morgan fingerprint density at radius 2 is 2.43 bits per heavy atom. The number of nitrogens with zero attached hydrogens (tertiary/aromatic N) is 3. The summed E-state index contributed by atoms with van der Waals surface area (Å²) in [6, 6.07) is 0.391. The van der Waals surface area contributed by atoms with Crippen molar-refractivity contribution in [2.45, 2.75) is 25.5 Å². The third-order valence-corrected chi connectivity index (χ3v) is 3.39. The van der Waals surface area contributed by atoms with Gasteiger partial charge in [-0.15, -0.1) is 0 Å². The van der Waals surface area contributed by atoms with E-state index in [2.05, 4.69) is 21.2 Å². The molecule has 14 heavy (non-hydrogen) atoms. The highest BCUT2D eigenvalue weighted by atomic mass is 32.1. The molecule has 0 aromatic carbocycles. The van der Waals surface area contributed by atoms with Crippen molar-refractivity contribution < 1.29 is 4.74 Å². The fraction of sp³-hybridized carbons (Fsp3) is 0.750. The lowest BCUT2D eigenvalue weighted by atomic mass is 10.1. The van der Waals surface area contributed by atoms with Gasteiger partial charge in [0.1, 0.15) is 0 Å². The molecule has 5 nitrogen and oxygen atoms in total. The van der Waals surface area contributed by atoms with E-state index in [1.165, 1.54) is 11.5 Å². The number of anilines is 2. The Morgan fingerprint density at radius 3 is 2.93 bits per heavy atom. The van der Waals surface area contributed by atoms with Crippen molar-refractivity contribution in [3.8, 4) is 0 Å². The summed E-state index contributed by atoms with van der Waals surface area (Å²) in [5.74, 6) is 0.350. The highest BCUT2D eigenvalue weighted by Gasteiger charge is 2.29. The number of aromatic nitrogens is 2. The maximum atomic E-state index is 5.50. The molecule has 0 aliphatic carbocycles. The molecule has 1 aliphatic heterocycles. The molecule has 1 aliphatic rings. The number of rotatable bonds is 2. The van der Waals surface area contributed by atoms with E-state index in [4.69, 9.17) is 10.5 Å².